The third-order valence-electron chi connectivity index (χ3n) is 3.15. The molecule has 3 aromatic rings. The van der Waals surface area contributed by atoms with Crippen molar-refractivity contribution < 1.29 is 0 Å². The van der Waals surface area contributed by atoms with Crippen LogP contribution in [0.25, 0.3) is 16.8 Å². The van der Waals surface area contributed by atoms with Gasteiger partial charge in [-0.05, 0) is 30.2 Å². The Kier molecular flexibility index (Phi) is 2.73. The van der Waals surface area contributed by atoms with E-state index >= 15 is 0 Å². The third kappa shape index (κ3) is 1.85. The highest BCUT2D eigenvalue weighted by Crippen LogP contribution is 2.25. The molecule has 4 nitrogen and oxygen atoms in total. The normalized spacial score (nSPS) is 10.5. The molecule has 3 rings (SSSR count). The molecule has 19 heavy (non-hydrogen) atoms. The maximum Gasteiger partial charge on any atom is 0.113 e. The maximum atomic E-state index is 9.37. The minimum absolute atomic E-state index is 0.593. The summed E-state index contributed by atoms with van der Waals surface area (Å²) in [6.07, 6.45) is 6.35. The second-order valence-corrected chi connectivity index (χ2v) is 4.30. The van der Waals surface area contributed by atoms with E-state index in [0.29, 0.717) is 11.3 Å². The number of hydrogen-bond acceptors (Lipinski definition) is 3. The topological polar surface area (TPSA) is 54.0 Å². The number of aryl methyl sites for hydroxylation is 1. The lowest BCUT2D eigenvalue weighted by Crippen LogP contribution is -1.90. The Morgan fingerprint density at radius 2 is 2.21 bits per heavy atom. The molecular weight excluding hydrogens is 236 g/mol. The summed E-state index contributed by atoms with van der Waals surface area (Å²) < 4.78 is 1.78. The molecule has 0 atom stereocenters. The van der Waals surface area contributed by atoms with E-state index in [4.69, 9.17) is 0 Å². The first-order chi connectivity index (χ1) is 9.33. The van der Waals surface area contributed by atoms with E-state index in [1.165, 1.54) is 5.56 Å². The number of fused-ring (bicyclic) bond motifs is 1. The van der Waals surface area contributed by atoms with Crippen molar-refractivity contribution in [3.8, 4) is 17.3 Å². The number of hydrogen-bond donors (Lipinski definition) is 0. The van der Waals surface area contributed by atoms with Gasteiger partial charge in [-0.2, -0.15) is 10.4 Å². The molecule has 0 spiro atoms. The highest BCUT2D eigenvalue weighted by atomic mass is 15.2. The Hall–Kier alpha value is -2.67. The van der Waals surface area contributed by atoms with E-state index in [1.807, 2.05) is 30.5 Å². The van der Waals surface area contributed by atoms with Crippen molar-refractivity contribution in [1.29, 1.82) is 5.26 Å². The van der Waals surface area contributed by atoms with Crippen LogP contribution < -0.4 is 0 Å². The molecular formula is C15H12N4. The molecule has 0 aliphatic rings. The Bertz CT molecular complexity index is 766. The Morgan fingerprint density at radius 3 is 2.89 bits per heavy atom. The summed E-state index contributed by atoms with van der Waals surface area (Å²) in [5, 5.41) is 13.9. The van der Waals surface area contributed by atoms with Gasteiger partial charge < -0.3 is 0 Å². The van der Waals surface area contributed by atoms with Crippen LogP contribution in [-0.4, -0.2) is 14.6 Å². The second kappa shape index (κ2) is 4.54. The van der Waals surface area contributed by atoms with Crippen LogP contribution >= 0.6 is 0 Å². The Balaban J connectivity index is 2.29. The molecule has 0 aliphatic heterocycles. The van der Waals surface area contributed by atoms with Crippen LogP contribution in [0.4, 0.5) is 0 Å². The molecule has 4 heteroatoms. The highest BCUT2D eigenvalue weighted by Gasteiger charge is 2.14. The first kappa shape index (κ1) is 11.4. The maximum absolute atomic E-state index is 9.37. The third-order valence-corrected chi connectivity index (χ3v) is 3.15. The summed E-state index contributed by atoms with van der Waals surface area (Å²) in [7, 11) is 0. The zero-order chi connectivity index (χ0) is 13.2. The van der Waals surface area contributed by atoms with Gasteiger partial charge in [-0.15, -0.1) is 0 Å². The molecule has 0 radical (unpaired) electrons. The molecule has 0 aromatic carbocycles. The predicted octanol–water partition coefficient (Wildman–Crippen LogP) is 2.83. The van der Waals surface area contributed by atoms with Gasteiger partial charge in [0, 0.05) is 24.2 Å². The van der Waals surface area contributed by atoms with Crippen LogP contribution in [0.15, 0.2) is 42.9 Å². The average molecular weight is 248 g/mol. The second-order valence-electron chi connectivity index (χ2n) is 4.30. The monoisotopic (exact) mass is 248 g/mol. The molecule has 0 fully saturated rings. The van der Waals surface area contributed by atoms with Gasteiger partial charge in [-0.25, -0.2) is 4.52 Å². The van der Waals surface area contributed by atoms with Gasteiger partial charge in [0.15, 0.2) is 0 Å². The number of aromatic nitrogens is 3. The van der Waals surface area contributed by atoms with Crippen molar-refractivity contribution in [2.75, 3.05) is 0 Å². The number of pyridine rings is 2. The van der Waals surface area contributed by atoms with E-state index in [1.54, 1.807) is 16.9 Å². The highest BCUT2D eigenvalue weighted by molar-refractivity contribution is 5.76. The molecule has 0 saturated carbocycles. The zero-order valence-corrected chi connectivity index (χ0v) is 10.5. The van der Waals surface area contributed by atoms with Crippen molar-refractivity contribution in [3.63, 3.8) is 0 Å². The fourth-order valence-corrected chi connectivity index (χ4v) is 2.12. The lowest BCUT2D eigenvalue weighted by Gasteiger charge is -1.97. The van der Waals surface area contributed by atoms with Crippen LogP contribution in [0.3, 0.4) is 0 Å². The number of nitrogens with zero attached hydrogens (tertiary/aromatic N) is 4. The van der Waals surface area contributed by atoms with Crippen LogP contribution in [0.2, 0.25) is 0 Å². The minimum Gasteiger partial charge on any atom is -0.264 e. The molecule has 0 unspecified atom stereocenters. The summed E-state index contributed by atoms with van der Waals surface area (Å²) in [5.41, 5.74) is 4.16. The summed E-state index contributed by atoms with van der Waals surface area (Å²) in [6.45, 7) is 2.10. The van der Waals surface area contributed by atoms with Gasteiger partial charge >= 0.3 is 0 Å². The molecule has 0 N–H and O–H groups in total. The van der Waals surface area contributed by atoms with E-state index in [2.05, 4.69) is 23.1 Å². The molecule has 0 amide bonds. The van der Waals surface area contributed by atoms with Crippen LogP contribution in [0.5, 0.6) is 0 Å². The van der Waals surface area contributed by atoms with Gasteiger partial charge in [0.1, 0.15) is 17.3 Å². The van der Waals surface area contributed by atoms with E-state index in [-0.39, 0.29) is 0 Å². The SMILES string of the molecule is CCc1ccc2c(C#N)c(-c3cccnc3)nn2c1. The molecule has 92 valence electrons. The van der Waals surface area contributed by atoms with Crippen molar-refractivity contribution in [3.05, 3.63) is 54.0 Å². The van der Waals surface area contributed by atoms with Gasteiger partial charge in [0.2, 0.25) is 0 Å². The lowest BCUT2D eigenvalue weighted by atomic mass is 10.1. The quantitative estimate of drug-likeness (QED) is 0.700. The van der Waals surface area contributed by atoms with Crippen molar-refractivity contribution in [1.82, 2.24) is 14.6 Å². The molecule has 0 saturated heterocycles. The summed E-state index contributed by atoms with van der Waals surface area (Å²) in [5.74, 6) is 0. The Labute approximate surface area is 111 Å². The van der Waals surface area contributed by atoms with Crippen molar-refractivity contribution >= 4 is 5.52 Å². The van der Waals surface area contributed by atoms with E-state index in [9.17, 15) is 5.26 Å². The fraction of sp³-hybridized carbons (Fsp3) is 0.133. The van der Waals surface area contributed by atoms with Gasteiger partial charge in [0.25, 0.3) is 0 Å². The molecule has 0 aliphatic carbocycles. The Morgan fingerprint density at radius 1 is 1.32 bits per heavy atom. The first-order valence-corrected chi connectivity index (χ1v) is 6.15. The van der Waals surface area contributed by atoms with Crippen molar-refractivity contribution in [2.24, 2.45) is 0 Å². The van der Waals surface area contributed by atoms with Crippen LogP contribution in [0, 0.1) is 11.3 Å². The summed E-state index contributed by atoms with van der Waals surface area (Å²) in [6, 6.07) is 9.98. The summed E-state index contributed by atoms with van der Waals surface area (Å²) >= 11 is 0. The average Bonchev–Trinajstić information content (AvgIpc) is 2.85. The standard InChI is InChI=1S/C15H12N4/c1-2-11-5-6-14-13(8-16)15(18-19(14)10-11)12-4-3-7-17-9-12/h3-7,9-10H,2H2,1H3. The molecule has 0 bridgehead atoms. The number of rotatable bonds is 2. The smallest absolute Gasteiger partial charge is 0.113 e. The van der Waals surface area contributed by atoms with E-state index < -0.39 is 0 Å². The van der Waals surface area contributed by atoms with Gasteiger partial charge in [-0.3, -0.25) is 4.98 Å². The fourth-order valence-electron chi connectivity index (χ4n) is 2.12. The van der Waals surface area contributed by atoms with Gasteiger partial charge in [0.05, 0.1) is 5.52 Å². The first-order valence-electron chi connectivity index (χ1n) is 6.15. The van der Waals surface area contributed by atoms with Crippen molar-refractivity contribution in [2.45, 2.75) is 13.3 Å². The zero-order valence-electron chi connectivity index (χ0n) is 10.5. The van der Waals surface area contributed by atoms with E-state index in [0.717, 1.165) is 17.5 Å². The minimum atomic E-state index is 0.593. The van der Waals surface area contributed by atoms with Crippen LogP contribution in [0.1, 0.15) is 18.1 Å². The summed E-state index contributed by atoms with van der Waals surface area (Å²) in [4.78, 5) is 4.08. The van der Waals surface area contributed by atoms with Crippen LogP contribution in [-0.2, 0) is 6.42 Å². The molecule has 3 heterocycles. The largest absolute Gasteiger partial charge is 0.264 e. The lowest BCUT2D eigenvalue weighted by molar-refractivity contribution is 0.939. The predicted molar refractivity (Wildman–Crippen MR) is 72.5 cm³/mol. The number of nitriles is 1. The molecule has 3 aromatic heterocycles. The van der Waals surface area contributed by atoms with Gasteiger partial charge in [-0.1, -0.05) is 13.0 Å².